The molecule has 0 radical (unpaired) electrons. The van der Waals surface area contributed by atoms with Gasteiger partial charge in [0.25, 0.3) is 5.89 Å². The minimum Gasteiger partial charge on any atom is -0.432 e. The molecule has 1 aliphatic rings. The van der Waals surface area contributed by atoms with E-state index in [1.165, 1.54) is 10.5 Å². The number of nitrogens with zero attached hydrogens (tertiary/aromatic N) is 2. The standard InChI is InChI=1S/C19H17N3O4S/c23-18(19-20-13-17(26-19)14-6-2-1-3-7-14)21-15-8-4-9-16(12-15)22-10-5-11-27(22,24)25/h1-4,6-9,12-13H,5,10-11H2,(H,21,23). The van der Waals surface area contributed by atoms with Crippen LogP contribution in [0.15, 0.2) is 65.2 Å². The number of nitrogens with one attached hydrogen (secondary N) is 1. The first-order valence-corrected chi connectivity index (χ1v) is 10.1. The monoisotopic (exact) mass is 383 g/mol. The van der Waals surface area contributed by atoms with E-state index < -0.39 is 15.9 Å². The summed E-state index contributed by atoms with van der Waals surface area (Å²) in [7, 11) is -3.28. The Balaban J connectivity index is 1.52. The van der Waals surface area contributed by atoms with Crippen LogP contribution < -0.4 is 9.62 Å². The maximum absolute atomic E-state index is 12.4. The number of carbonyl (C=O) groups excluding carboxylic acids is 1. The zero-order valence-electron chi connectivity index (χ0n) is 14.3. The lowest BCUT2D eigenvalue weighted by Gasteiger charge is -2.17. The van der Waals surface area contributed by atoms with Crippen molar-refractivity contribution >= 4 is 27.3 Å². The van der Waals surface area contributed by atoms with Gasteiger partial charge in [0.05, 0.1) is 17.6 Å². The van der Waals surface area contributed by atoms with Gasteiger partial charge in [-0.25, -0.2) is 13.4 Å². The van der Waals surface area contributed by atoms with Gasteiger partial charge in [0.1, 0.15) is 0 Å². The number of carbonyl (C=O) groups is 1. The van der Waals surface area contributed by atoms with Gasteiger partial charge in [-0.1, -0.05) is 36.4 Å². The zero-order chi connectivity index (χ0) is 18.9. The van der Waals surface area contributed by atoms with Crippen molar-refractivity contribution in [2.24, 2.45) is 0 Å². The molecule has 3 aromatic rings. The van der Waals surface area contributed by atoms with Crippen molar-refractivity contribution in [3.05, 3.63) is 66.7 Å². The molecule has 1 aromatic heterocycles. The van der Waals surface area contributed by atoms with Crippen molar-refractivity contribution in [3.63, 3.8) is 0 Å². The summed E-state index contributed by atoms with van der Waals surface area (Å²) in [6, 6.07) is 16.1. The number of hydrogen-bond donors (Lipinski definition) is 1. The fourth-order valence-corrected chi connectivity index (χ4v) is 4.52. The van der Waals surface area contributed by atoms with Crippen LogP contribution >= 0.6 is 0 Å². The number of sulfonamides is 1. The van der Waals surface area contributed by atoms with Gasteiger partial charge in [-0.2, -0.15) is 0 Å². The predicted octanol–water partition coefficient (Wildman–Crippen LogP) is 3.13. The Morgan fingerprint density at radius 3 is 2.67 bits per heavy atom. The summed E-state index contributed by atoms with van der Waals surface area (Å²) in [6.45, 7) is 0.444. The molecule has 1 saturated heterocycles. The molecule has 0 bridgehead atoms. The highest BCUT2D eigenvalue weighted by Gasteiger charge is 2.28. The number of amides is 1. The van der Waals surface area contributed by atoms with Gasteiger partial charge >= 0.3 is 5.91 Å². The highest BCUT2D eigenvalue weighted by molar-refractivity contribution is 7.93. The number of anilines is 2. The predicted molar refractivity (Wildman–Crippen MR) is 102 cm³/mol. The lowest BCUT2D eigenvalue weighted by atomic mass is 10.2. The topological polar surface area (TPSA) is 92.5 Å². The van der Waals surface area contributed by atoms with Crippen LogP contribution in [-0.2, 0) is 10.0 Å². The van der Waals surface area contributed by atoms with Crippen molar-refractivity contribution < 1.29 is 17.6 Å². The normalized spacial score (nSPS) is 15.6. The lowest BCUT2D eigenvalue weighted by molar-refractivity contribution is 0.0991. The van der Waals surface area contributed by atoms with E-state index in [2.05, 4.69) is 10.3 Å². The summed E-state index contributed by atoms with van der Waals surface area (Å²) in [4.78, 5) is 16.4. The molecule has 0 unspecified atom stereocenters. The van der Waals surface area contributed by atoms with Gasteiger partial charge in [-0.15, -0.1) is 0 Å². The highest BCUT2D eigenvalue weighted by atomic mass is 32.2. The second-order valence-electron chi connectivity index (χ2n) is 6.14. The third-order valence-corrected chi connectivity index (χ3v) is 6.12. The molecule has 1 N–H and O–H groups in total. The maximum atomic E-state index is 12.4. The molecule has 8 heteroatoms. The Kier molecular flexibility index (Phi) is 4.41. The van der Waals surface area contributed by atoms with E-state index in [4.69, 9.17) is 4.42 Å². The molecular weight excluding hydrogens is 366 g/mol. The van der Waals surface area contributed by atoms with Crippen molar-refractivity contribution in [2.75, 3.05) is 21.9 Å². The van der Waals surface area contributed by atoms with Gasteiger partial charge < -0.3 is 9.73 Å². The van der Waals surface area contributed by atoms with E-state index in [0.29, 0.717) is 30.1 Å². The van der Waals surface area contributed by atoms with Crippen LogP contribution in [0, 0.1) is 0 Å². The molecular formula is C19H17N3O4S. The molecule has 7 nitrogen and oxygen atoms in total. The van der Waals surface area contributed by atoms with E-state index in [1.807, 2.05) is 30.3 Å². The summed E-state index contributed by atoms with van der Waals surface area (Å²) in [5, 5.41) is 2.70. The van der Waals surface area contributed by atoms with E-state index in [1.54, 1.807) is 24.3 Å². The van der Waals surface area contributed by atoms with Crippen LogP contribution in [0.4, 0.5) is 11.4 Å². The van der Waals surface area contributed by atoms with Crippen molar-refractivity contribution in [1.29, 1.82) is 0 Å². The number of benzene rings is 2. The van der Waals surface area contributed by atoms with Crippen molar-refractivity contribution in [3.8, 4) is 11.3 Å². The molecule has 1 amide bonds. The van der Waals surface area contributed by atoms with Gasteiger partial charge in [-0.3, -0.25) is 9.10 Å². The van der Waals surface area contributed by atoms with Gasteiger partial charge in [0.15, 0.2) is 5.76 Å². The number of oxazole rings is 1. The fraction of sp³-hybridized carbons (Fsp3) is 0.158. The molecule has 0 aliphatic carbocycles. The van der Waals surface area contributed by atoms with Gasteiger partial charge in [0.2, 0.25) is 10.0 Å². The first-order chi connectivity index (χ1) is 13.0. The smallest absolute Gasteiger partial charge is 0.311 e. The minimum atomic E-state index is -3.28. The average molecular weight is 383 g/mol. The Hall–Kier alpha value is -3.13. The molecule has 0 spiro atoms. The highest BCUT2D eigenvalue weighted by Crippen LogP contribution is 2.27. The first-order valence-electron chi connectivity index (χ1n) is 8.46. The summed E-state index contributed by atoms with van der Waals surface area (Å²) >= 11 is 0. The van der Waals surface area contributed by atoms with E-state index in [-0.39, 0.29) is 11.6 Å². The second-order valence-corrected chi connectivity index (χ2v) is 8.15. The molecule has 138 valence electrons. The van der Waals surface area contributed by atoms with Crippen molar-refractivity contribution in [1.82, 2.24) is 4.98 Å². The van der Waals surface area contributed by atoms with E-state index in [0.717, 1.165) is 5.56 Å². The number of aromatic nitrogens is 1. The fourth-order valence-electron chi connectivity index (χ4n) is 2.97. The Morgan fingerprint density at radius 2 is 1.93 bits per heavy atom. The molecule has 2 aromatic carbocycles. The van der Waals surface area contributed by atoms with Crippen molar-refractivity contribution in [2.45, 2.75) is 6.42 Å². The molecule has 0 saturated carbocycles. The van der Waals surface area contributed by atoms with Crippen LogP contribution in [0.3, 0.4) is 0 Å². The molecule has 2 heterocycles. The minimum absolute atomic E-state index is 0.0620. The summed E-state index contributed by atoms with van der Waals surface area (Å²) in [5.41, 5.74) is 1.83. The molecule has 1 aliphatic heterocycles. The average Bonchev–Trinajstić information content (AvgIpc) is 3.29. The number of rotatable bonds is 4. The summed E-state index contributed by atoms with van der Waals surface area (Å²) < 4.78 is 31.0. The Labute approximate surface area is 156 Å². The first kappa shape index (κ1) is 17.3. The molecule has 0 atom stereocenters. The molecule has 1 fully saturated rings. The third kappa shape index (κ3) is 3.56. The van der Waals surface area contributed by atoms with E-state index in [9.17, 15) is 13.2 Å². The van der Waals surface area contributed by atoms with Crippen LogP contribution in [-0.4, -0.2) is 31.6 Å². The van der Waals surface area contributed by atoms with Crippen LogP contribution in [0.5, 0.6) is 0 Å². The quantitative estimate of drug-likeness (QED) is 0.747. The molecule has 27 heavy (non-hydrogen) atoms. The SMILES string of the molecule is O=C(Nc1cccc(N2CCCS2(=O)=O)c1)c1ncc(-c2ccccc2)o1. The van der Waals surface area contributed by atoms with Crippen LogP contribution in [0.1, 0.15) is 17.1 Å². The van der Waals surface area contributed by atoms with Crippen LogP contribution in [0.2, 0.25) is 0 Å². The van der Waals surface area contributed by atoms with Gasteiger partial charge in [0, 0.05) is 17.8 Å². The molecule has 4 rings (SSSR count). The van der Waals surface area contributed by atoms with E-state index >= 15 is 0 Å². The van der Waals surface area contributed by atoms with Gasteiger partial charge in [-0.05, 0) is 24.6 Å². The maximum Gasteiger partial charge on any atom is 0.311 e. The Morgan fingerprint density at radius 1 is 1.11 bits per heavy atom. The zero-order valence-corrected chi connectivity index (χ0v) is 15.1. The summed E-state index contributed by atoms with van der Waals surface area (Å²) in [6.07, 6.45) is 2.09. The largest absolute Gasteiger partial charge is 0.432 e. The summed E-state index contributed by atoms with van der Waals surface area (Å²) in [5.74, 6) is 0.0756. The third-order valence-electron chi connectivity index (χ3n) is 4.25. The second kappa shape index (κ2) is 6.88. The van der Waals surface area contributed by atoms with Crippen LogP contribution in [0.25, 0.3) is 11.3 Å². The lowest BCUT2D eigenvalue weighted by Crippen LogP contribution is -2.25. The number of hydrogen-bond acceptors (Lipinski definition) is 5. The Bertz CT molecular complexity index is 1080.